The highest BCUT2D eigenvalue weighted by Crippen LogP contribution is 2.14. The molecule has 0 fully saturated rings. The maximum Gasteiger partial charge on any atom is 0.310 e. The summed E-state index contributed by atoms with van der Waals surface area (Å²) < 4.78 is 0. The van der Waals surface area contributed by atoms with Gasteiger partial charge in [0.25, 0.3) is 0 Å². The largest absolute Gasteiger partial charge is 0.481 e. The van der Waals surface area contributed by atoms with Gasteiger partial charge in [-0.2, -0.15) is 0 Å². The summed E-state index contributed by atoms with van der Waals surface area (Å²) in [5.41, 5.74) is 2.07. The van der Waals surface area contributed by atoms with E-state index in [1.165, 1.54) is 0 Å². The predicted molar refractivity (Wildman–Crippen MR) is 64.4 cm³/mol. The van der Waals surface area contributed by atoms with Crippen molar-refractivity contribution in [2.24, 2.45) is 0 Å². The second-order valence-electron chi connectivity index (χ2n) is 3.36. The van der Waals surface area contributed by atoms with Crippen molar-refractivity contribution in [2.45, 2.75) is 13.3 Å². The van der Waals surface area contributed by atoms with Crippen LogP contribution in [0.2, 0.25) is 0 Å². The maximum absolute atomic E-state index is 10.5. The summed E-state index contributed by atoms with van der Waals surface area (Å²) in [5, 5.41) is 8.61. The predicted octanol–water partition coefficient (Wildman–Crippen LogP) is 2.23. The minimum atomic E-state index is -0.904. The fourth-order valence-corrected chi connectivity index (χ4v) is 1.39. The van der Waals surface area contributed by atoms with E-state index in [1.54, 1.807) is 11.9 Å². The molecule has 0 atom stereocenters. The summed E-state index contributed by atoms with van der Waals surface area (Å²) in [6.07, 6.45) is -0.111. The van der Waals surface area contributed by atoms with E-state index in [4.69, 9.17) is 17.3 Å². The van der Waals surface area contributed by atoms with Gasteiger partial charge in [0, 0.05) is 12.7 Å². The van der Waals surface area contributed by atoms with E-state index in [0.717, 1.165) is 11.3 Å². The highest BCUT2D eigenvalue weighted by Gasteiger charge is 2.10. The first-order chi connectivity index (χ1) is 7.00. The van der Waals surface area contributed by atoms with E-state index in [9.17, 15) is 4.79 Å². The summed E-state index contributed by atoms with van der Waals surface area (Å²) in [7, 11) is 1.77. The molecule has 3 nitrogen and oxygen atoms in total. The zero-order valence-electron chi connectivity index (χ0n) is 8.73. The molecule has 4 heteroatoms. The van der Waals surface area contributed by atoms with E-state index >= 15 is 0 Å². The van der Waals surface area contributed by atoms with Gasteiger partial charge in [-0.25, -0.2) is 0 Å². The quantitative estimate of drug-likeness (QED) is 0.798. The molecule has 0 saturated heterocycles. The molecule has 0 aliphatic heterocycles. The number of benzene rings is 1. The van der Waals surface area contributed by atoms with Crippen molar-refractivity contribution in [1.82, 2.24) is 0 Å². The lowest BCUT2D eigenvalue weighted by molar-refractivity contribution is -0.135. The Morgan fingerprint density at radius 3 is 2.40 bits per heavy atom. The fourth-order valence-electron chi connectivity index (χ4n) is 1.16. The smallest absolute Gasteiger partial charge is 0.310 e. The fraction of sp³-hybridized carbons (Fsp3) is 0.273. The van der Waals surface area contributed by atoms with Crippen LogP contribution >= 0.6 is 12.2 Å². The molecule has 1 N–H and O–H groups in total. The molecule has 0 aliphatic carbocycles. The first-order valence-electron chi connectivity index (χ1n) is 4.55. The molecular weight excluding hydrogens is 210 g/mol. The van der Waals surface area contributed by atoms with Crippen LogP contribution in [0.4, 0.5) is 5.69 Å². The Morgan fingerprint density at radius 1 is 1.40 bits per heavy atom. The molecule has 1 rings (SSSR count). The Bertz CT molecular complexity index is 373. The van der Waals surface area contributed by atoms with Crippen LogP contribution < -0.4 is 4.90 Å². The van der Waals surface area contributed by atoms with Gasteiger partial charge in [0.15, 0.2) is 0 Å². The minimum Gasteiger partial charge on any atom is -0.481 e. The second kappa shape index (κ2) is 4.89. The van der Waals surface area contributed by atoms with Gasteiger partial charge in [0.05, 0.1) is 11.4 Å². The van der Waals surface area contributed by atoms with E-state index in [2.05, 4.69) is 0 Å². The molecule has 0 radical (unpaired) electrons. The topological polar surface area (TPSA) is 40.5 Å². The Labute approximate surface area is 94.3 Å². The third-order valence-electron chi connectivity index (χ3n) is 2.10. The highest BCUT2D eigenvalue weighted by molar-refractivity contribution is 7.80. The lowest BCUT2D eigenvalue weighted by Gasteiger charge is -2.19. The van der Waals surface area contributed by atoms with Gasteiger partial charge in [0.1, 0.15) is 0 Å². The van der Waals surface area contributed by atoms with Crippen LogP contribution in [0.25, 0.3) is 0 Å². The van der Waals surface area contributed by atoms with E-state index < -0.39 is 5.97 Å². The van der Waals surface area contributed by atoms with Crippen molar-refractivity contribution in [3.8, 4) is 0 Å². The number of aliphatic carboxylic acids is 1. The number of hydrogen-bond acceptors (Lipinski definition) is 2. The molecule has 0 aliphatic rings. The van der Waals surface area contributed by atoms with Crippen molar-refractivity contribution in [2.75, 3.05) is 11.9 Å². The van der Waals surface area contributed by atoms with Crippen molar-refractivity contribution in [1.29, 1.82) is 0 Å². The Balaban J connectivity index is 2.76. The number of thiocarbonyl (C=S) groups is 1. The van der Waals surface area contributed by atoms with Crippen LogP contribution in [0.3, 0.4) is 0 Å². The van der Waals surface area contributed by atoms with Gasteiger partial charge in [-0.1, -0.05) is 29.9 Å². The first-order valence-corrected chi connectivity index (χ1v) is 4.96. The molecule has 80 valence electrons. The summed E-state index contributed by atoms with van der Waals surface area (Å²) in [6, 6.07) is 7.78. The maximum atomic E-state index is 10.5. The molecule has 1 aromatic carbocycles. The highest BCUT2D eigenvalue weighted by atomic mass is 32.1. The normalized spacial score (nSPS) is 9.73. The van der Waals surface area contributed by atoms with Crippen LogP contribution in [0.1, 0.15) is 12.0 Å². The number of rotatable bonds is 3. The monoisotopic (exact) mass is 223 g/mol. The van der Waals surface area contributed by atoms with Crippen LogP contribution in [0.15, 0.2) is 24.3 Å². The van der Waals surface area contributed by atoms with E-state index in [1.807, 2.05) is 31.2 Å². The SMILES string of the molecule is Cc1ccc(N(C)C(=S)CC(=O)O)cc1. The van der Waals surface area contributed by atoms with Crippen molar-refractivity contribution in [3.05, 3.63) is 29.8 Å². The van der Waals surface area contributed by atoms with Gasteiger partial charge < -0.3 is 10.0 Å². The Hall–Kier alpha value is -1.42. The number of anilines is 1. The summed E-state index contributed by atoms with van der Waals surface area (Å²) in [6.45, 7) is 2.00. The van der Waals surface area contributed by atoms with Gasteiger partial charge in [-0.15, -0.1) is 0 Å². The average Bonchev–Trinajstić information content (AvgIpc) is 2.17. The molecule has 0 amide bonds. The third kappa shape index (κ3) is 3.32. The van der Waals surface area contributed by atoms with Crippen molar-refractivity contribution >= 4 is 28.9 Å². The van der Waals surface area contributed by atoms with Crippen LogP contribution in [0.5, 0.6) is 0 Å². The number of carbonyl (C=O) groups is 1. The second-order valence-corrected chi connectivity index (χ2v) is 3.83. The first kappa shape index (κ1) is 11.7. The third-order valence-corrected chi connectivity index (χ3v) is 2.52. The zero-order chi connectivity index (χ0) is 11.4. The van der Waals surface area contributed by atoms with E-state index in [0.29, 0.717) is 4.99 Å². The van der Waals surface area contributed by atoms with Crippen LogP contribution in [0, 0.1) is 6.92 Å². The molecular formula is C11H13NO2S. The Morgan fingerprint density at radius 2 is 1.93 bits per heavy atom. The van der Waals surface area contributed by atoms with Gasteiger partial charge in [0.2, 0.25) is 0 Å². The van der Waals surface area contributed by atoms with Gasteiger partial charge >= 0.3 is 5.97 Å². The van der Waals surface area contributed by atoms with Crippen molar-refractivity contribution < 1.29 is 9.90 Å². The van der Waals surface area contributed by atoms with Crippen LogP contribution in [-0.2, 0) is 4.79 Å². The van der Waals surface area contributed by atoms with Gasteiger partial charge in [-0.05, 0) is 19.1 Å². The number of carboxylic acids is 1. The number of carboxylic acid groups (broad SMARTS) is 1. The molecule has 0 spiro atoms. The Kier molecular flexibility index (Phi) is 3.80. The van der Waals surface area contributed by atoms with Crippen molar-refractivity contribution in [3.63, 3.8) is 0 Å². The molecule has 15 heavy (non-hydrogen) atoms. The minimum absolute atomic E-state index is 0.111. The summed E-state index contributed by atoms with van der Waals surface area (Å²) in [4.78, 5) is 12.6. The number of nitrogens with zero attached hydrogens (tertiary/aromatic N) is 1. The standard InChI is InChI=1S/C11H13NO2S/c1-8-3-5-9(6-4-8)12(2)10(15)7-11(13)14/h3-6H,7H2,1-2H3,(H,13,14). The summed E-state index contributed by atoms with van der Waals surface area (Å²) >= 11 is 5.01. The number of aryl methyl sites for hydroxylation is 1. The zero-order valence-corrected chi connectivity index (χ0v) is 9.54. The molecule has 0 saturated carbocycles. The average molecular weight is 223 g/mol. The van der Waals surface area contributed by atoms with Crippen LogP contribution in [-0.4, -0.2) is 23.1 Å². The molecule has 0 aromatic heterocycles. The number of hydrogen-bond donors (Lipinski definition) is 1. The lowest BCUT2D eigenvalue weighted by atomic mass is 10.2. The van der Waals surface area contributed by atoms with Gasteiger partial charge in [-0.3, -0.25) is 4.79 Å². The summed E-state index contributed by atoms with van der Waals surface area (Å²) in [5.74, 6) is -0.904. The molecule has 1 aromatic rings. The molecule has 0 unspecified atom stereocenters. The van der Waals surface area contributed by atoms with E-state index in [-0.39, 0.29) is 6.42 Å². The lowest BCUT2D eigenvalue weighted by Crippen LogP contribution is -2.26. The molecule has 0 bridgehead atoms. The molecule has 0 heterocycles.